The van der Waals surface area contributed by atoms with Gasteiger partial charge in [-0.2, -0.15) is 0 Å². The number of likely N-dealkylation sites (tertiary alicyclic amines) is 1. The summed E-state index contributed by atoms with van der Waals surface area (Å²) in [6, 6.07) is 18.4. The van der Waals surface area contributed by atoms with E-state index in [1.165, 1.54) is 31.3 Å². The van der Waals surface area contributed by atoms with Gasteiger partial charge in [-0.05, 0) is 54.3 Å². The molecule has 1 N–H and O–H groups in total. The third kappa shape index (κ3) is 4.87. The van der Waals surface area contributed by atoms with Crippen molar-refractivity contribution < 1.29 is 23.5 Å². The molecule has 1 atom stereocenters. The summed E-state index contributed by atoms with van der Waals surface area (Å²) in [6.45, 7) is 0. The molecule has 1 saturated heterocycles. The minimum absolute atomic E-state index is 0.0745. The monoisotopic (exact) mass is 548 g/mol. The molecule has 0 radical (unpaired) electrons. The highest BCUT2D eigenvalue weighted by atomic mass is 35.5. The van der Waals surface area contributed by atoms with Crippen molar-refractivity contribution in [2.45, 2.75) is 43.7 Å². The van der Waals surface area contributed by atoms with Crippen LogP contribution in [0, 0.1) is 5.82 Å². The third-order valence-corrected chi connectivity index (χ3v) is 7.82. The topological polar surface area (TPSA) is 67.9 Å². The molecule has 2 aliphatic rings. The summed E-state index contributed by atoms with van der Waals surface area (Å²) in [5.74, 6) is -0.572. The fraction of sp³-hybridized carbons (Fsp3) is 0.290. The van der Waals surface area contributed by atoms with Crippen molar-refractivity contribution in [2.75, 3.05) is 19.5 Å². The predicted molar refractivity (Wildman–Crippen MR) is 149 cm³/mol. The lowest BCUT2D eigenvalue weighted by Gasteiger charge is -2.34. The number of methoxy groups -OCH3 is 2. The van der Waals surface area contributed by atoms with Crippen molar-refractivity contribution >= 4 is 35.2 Å². The van der Waals surface area contributed by atoms with Gasteiger partial charge in [0.05, 0.1) is 24.8 Å². The molecule has 3 aromatic carbocycles. The first-order chi connectivity index (χ1) is 18.9. The van der Waals surface area contributed by atoms with Gasteiger partial charge in [0.2, 0.25) is 0 Å². The van der Waals surface area contributed by atoms with Crippen LogP contribution in [-0.2, 0) is 15.1 Å². The van der Waals surface area contributed by atoms with Crippen molar-refractivity contribution in [3.8, 4) is 11.5 Å². The van der Waals surface area contributed by atoms with Gasteiger partial charge in [0.25, 0.3) is 11.8 Å². The Morgan fingerprint density at radius 3 is 2.33 bits per heavy atom. The minimum Gasteiger partial charge on any atom is -0.493 e. The van der Waals surface area contributed by atoms with Crippen LogP contribution in [0.3, 0.4) is 0 Å². The van der Waals surface area contributed by atoms with Crippen molar-refractivity contribution in [3.63, 3.8) is 0 Å². The van der Waals surface area contributed by atoms with Gasteiger partial charge in [-0.25, -0.2) is 4.39 Å². The predicted octanol–water partition coefficient (Wildman–Crippen LogP) is 6.59. The Bertz CT molecular complexity index is 1420. The zero-order valence-corrected chi connectivity index (χ0v) is 22.6. The highest BCUT2D eigenvalue weighted by Crippen LogP contribution is 2.46. The molecule has 1 unspecified atom stereocenters. The maximum Gasteiger partial charge on any atom is 0.264 e. The summed E-state index contributed by atoms with van der Waals surface area (Å²) in [6.07, 6.45) is 6.12. The maximum absolute atomic E-state index is 15.0. The molecule has 0 aromatic heterocycles. The van der Waals surface area contributed by atoms with E-state index in [0.717, 1.165) is 37.7 Å². The SMILES string of the molecule is COc1ccc(NC2(c3ccc(Cl)c(F)c3)C(=O)N(C3CCCCC3)C(=O)C2=Cc2ccccc2)cc1OC. The van der Waals surface area contributed by atoms with E-state index in [4.69, 9.17) is 21.1 Å². The van der Waals surface area contributed by atoms with Crippen molar-refractivity contribution in [3.05, 3.63) is 94.3 Å². The van der Waals surface area contributed by atoms with Gasteiger partial charge in [0.1, 0.15) is 5.82 Å². The van der Waals surface area contributed by atoms with E-state index in [1.54, 1.807) is 30.3 Å². The molecule has 6 nitrogen and oxygen atoms in total. The quantitative estimate of drug-likeness (QED) is 0.266. The van der Waals surface area contributed by atoms with Gasteiger partial charge in [-0.1, -0.05) is 67.3 Å². The van der Waals surface area contributed by atoms with Crippen molar-refractivity contribution in [1.82, 2.24) is 4.90 Å². The molecule has 3 aromatic rings. The molecule has 1 heterocycles. The highest BCUT2D eigenvalue weighted by Gasteiger charge is 2.59. The van der Waals surface area contributed by atoms with Gasteiger partial charge in [-0.3, -0.25) is 14.5 Å². The van der Waals surface area contributed by atoms with Crippen LogP contribution in [0.15, 0.2) is 72.3 Å². The highest BCUT2D eigenvalue weighted by molar-refractivity contribution is 6.30. The molecular formula is C31H30ClFN2O4. The number of rotatable bonds is 7. The molecule has 0 bridgehead atoms. The lowest BCUT2D eigenvalue weighted by atomic mass is 9.82. The first-order valence-corrected chi connectivity index (χ1v) is 13.4. The lowest BCUT2D eigenvalue weighted by molar-refractivity contribution is -0.142. The summed E-state index contributed by atoms with van der Waals surface area (Å²) >= 11 is 6.04. The third-order valence-electron chi connectivity index (χ3n) is 7.51. The smallest absolute Gasteiger partial charge is 0.264 e. The van der Waals surface area contributed by atoms with Gasteiger partial charge >= 0.3 is 0 Å². The number of nitrogens with zero attached hydrogens (tertiary/aromatic N) is 1. The van der Waals surface area contributed by atoms with Gasteiger partial charge in [0.15, 0.2) is 17.0 Å². The number of hydrogen-bond donors (Lipinski definition) is 1. The number of amides is 2. The number of carbonyl (C=O) groups excluding carboxylic acids is 2. The molecule has 1 aliphatic carbocycles. The Kier molecular flexibility index (Phi) is 7.62. The van der Waals surface area contributed by atoms with Crippen molar-refractivity contribution in [2.24, 2.45) is 0 Å². The number of carbonyl (C=O) groups is 2. The van der Waals surface area contributed by atoms with E-state index in [9.17, 15) is 14.0 Å². The normalized spacial score (nSPS) is 20.9. The Hall–Kier alpha value is -3.84. The van der Waals surface area contributed by atoms with Crippen LogP contribution >= 0.6 is 11.6 Å². The summed E-state index contributed by atoms with van der Waals surface area (Å²) in [5.41, 5.74) is 0.00885. The number of imide groups is 1. The molecule has 1 saturated carbocycles. The average Bonchev–Trinajstić information content (AvgIpc) is 3.17. The van der Waals surface area contributed by atoms with Crippen LogP contribution in [0.25, 0.3) is 6.08 Å². The number of halogens is 2. The van der Waals surface area contributed by atoms with Crippen LogP contribution < -0.4 is 14.8 Å². The molecule has 0 spiro atoms. The van der Waals surface area contributed by atoms with E-state index in [2.05, 4.69) is 5.32 Å². The number of anilines is 1. The van der Waals surface area contributed by atoms with Gasteiger partial charge in [0, 0.05) is 17.8 Å². The van der Waals surface area contributed by atoms with Crippen LogP contribution in [0.1, 0.15) is 43.2 Å². The Morgan fingerprint density at radius 2 is 1.67 bits per heavy atom. The minimum atomic E-state index is -1.71. The van der Waals surface area contributed by atoms with E-state index in [0.29, 0.717) is 17.2 Å². The zero-order valence-electron chi connectivity index (χ0n) is 21.9. The van der Waals surface area contributed by atoms with Crippen LogP contribution in [0.4, 0.5) is 10.1 Å². The average molecular weight is 549 g/mol. The van der Waals surface area contributed by atoms with Crippen LogP contribution in [-0.4, -0.2) is 37.0 Å². The molecule has 39 heavy (non-hydrogen) atoms. The van der Waals surface area contributed by atoms with E-state index < -0.39 is 17.3 Å². The molecular weight excluding hydrogens is 519 g/mol. The second kappa shape index (κ2) is 11.1. The first kappa shape index (κ1) is 26.8. The van der Waals surface area contributed by atoms with Gasteiger partial charge in [-0.15, -0.1) is 0 Å². The molecule has 2 amide bonds. The second-order valence-electron chi connectivity index (χ2n) is 9.81. The zero-order chi connectivity index (χ0) is 27.6. The summed E-state index contributed by atoms with van der Waals surface area (Å²) < 4.78 is 25.8. The molecule has 1 aliphatic heterocycles. The van der Waals surface area contributed by atoms with E-state index >= 15 is 0 Å². The maximum atomic E-state index is 15.0. The number of hydrogen-bond acceptors (Lipinski definition) is 5. The molecule has 2 fully saturated rings. The lowest BCUT2D eigenvalue weighted by Crippen LogP contribution is -2.48. The fourth-order valence-corrected chi connectivity index (χ4v) is 5.68. The summed E-state index contributed by atoms with van der Waals surface area (Å²) in [4.78, 5) is 30.2. The fourth-order valence-electron chi connectivity index (χ4n) is 5.57. The largest absolute Gasteiger partial charge is 0.493 e. The number of nitrogens with one attached hydrogen (secondary N) is 1. The van der Waals surface area contributed by atoms with Gasteiger partial charge < -0.3 is 14.8 Å². The Labute approximate surface area is 232 Å². The molecule has 202 valence electrons. The van der Waals surface area contributed by atoms with E-state index in [1.807, 2.05) is 30.3 Å². The Morgan fingerprint density at radius 1 is 0.949 bits per heavy atom. The number of ether oxygens (including phenoxy) is 2. The molecule has 5 rings (SSSR count). The van der Waals surface area contributed by atoms with Crippen LogP contribution in [0.2, 0.25) is 5.02 Å². The number of benzene rings is 3. The van der Waals surface area contributed by atoms with E-state index in [-0.39, 0.29) is 28.1 Å². The first-order valence-electron chi connectivity index (χ1n) is 13.0. The van der Waals surface area contributed by atoms with Crippen LogP contribution in [0.5, 0.6) is 11.5 Å². The standard InChI is InChI=1S/C31H30ClFN2O4/c1-38-27-16-14-22(19-28(27)39-2)34-31(21-13-15-25(32)26(33)18-21)24(17-20-9-5-3-6-10-20)29(36)35(30(31)37)23-11-7-4-8-12-23/h3,5-6,9-10,13-19,23,34H,4,7-8,11-12H2,1-2H3. The second-order valence-corrected chi connectivity index (χ2v) is 10.2. The summed E-state index contributed by atoms with van der Waals surface area (Å²) in [7, 11) is 3.05. The molecule has 8 heteroatoms. The Balaban J connectivity index is 1.75. The summed E-state index contributed by atoms with van der Waals surface area (Å²) in [5, 5.41) is 3.26. The van der Waals surface area contributed by atoms with Crippen molar-refractivity contribution in [1.29, 1.82) is 0 Å².